The average molecular weight is 274 g/mol. The number of unbranched alkanes of at least 4 members (excludes halogenated alkanes) is 1. The first-order valence-corrected chi connectivity index (χ1v) is 8.97. The zero-order chi connectivity index (χ0) is 13.0. The van der Waals surface area contributed by atoms with Crippen LogP contribution in [0.3, 0.4) is 0 Å². The molecule has 18 heavy (non-hydrogen) atoms. The van der Waals surface area contributed by atoms with Gasteiger partial charge in [0, 0.05) is 18.6 Å². The number of rotatable bonds is 10. The zero-order valence-electron chi connectivity index (χ0n) is 11.4. The molecule has 1 N–H and O–H groups in total. The van der Waals surface area contributed by atoms with Crippen molar-refractivity contribution in [1.29, 1.82) is 0 Å². The van der Waals surface area contributed by atoms with Gasteiger partial charge < -0.3 is 5.32 Å². The zero-order valence-corrected chi connectivity index (χ0v) is 12.2. The van der Waals surface area contributed by atoms with Crippen LogP contribution in [0.4, 0.5) is 0 Å². The van der Waals surface area contributed by atoms with Crippen molar-refractivity contribution in [3.63, 3.8) is 0 Å². The molecule has 0 aromatic rings. The van der Waals surface area contributed by atoms with Crippen LogP contribution in [0.5, 0.6) is 0 Å². The van der Waals surface area contributed by atoms with E-state index < -0.39 is 10.0 Å². The predicted octanol–water partition coefficient (Wildman–Crippen LogP) is 1.72. The molecule has 4 nitrogen and oxygen atoms in total. The first-order valence-electron chi connectivity index (χ1n) is 7.36. The van der Waals surface area contributed by atoms with E-state index in [1.807, 2.05) is 0 Å². The molecule has 0 unspecified atom stereocenters. The van der Waals surface area contributed by atoms with Crippen molar-refractivity contribution in [2.24, 2.45) is 0 Å². The third-order valence-corrected chi connectivity index (χ3v) is 5.63. The molecule has 0 aromatic carbocycles. The van der Waals surface area contributed by atoms with Gasteiger partial charge in [0.05, 0.1) is 5.75 Å². The van der Waals surface area contributed by atoms with Crippen molar-refractivity contribution < 1.29 is 8.42 Å². The minimum absolute atomic E-state index is 0.312. The summed E-state index contributed by atoms with van der Waals surface area (Å²) in [7, 11) is -3.02. The van der Waals surface area contributed by atoms with E-state index in [4.69, 9.17) is 0 Å². The second-order valence-corrected chi connectivity index (χ2v) is 7.63. The molecular formula is C13H26N2O2S. The van der Waals surface area contributed by atoms with Gasteiger partial charge >= 0.3 is 0 Å². The summed E-state index contributed by atoms with van der Waals surface area (Å²) in [4.78, 5) is 0. The van der Waals surface area contributed by atoms with Crippen LogP contribution >= 0.6 is 0 Å². The fraction of sp³-hybridized carbons (Fsp3) is 1.00. The molecule has 2 fully saturated rings. The monoisotopic (exact) mass is 274 g/mol. The fourth-order valence-corrected chi connectivity index (χ4v) is 4.01. The van der Waals surface area contributed by atoms with Gasteiger partial charge in [-0.1, -0.05) is 13.3 Å². The molecule has 0 spiro atoms. The molecular weight excluding hydrogens is 248 g/mol. The summed E-state index contributed by atoms with van der Waals surface area (Å²) in [5, 5.41) is 3.37. The highest BCUT2D eigenvalue weighted by Gasteiger charge is 2.36. The van der Waals surface area contributed by atoms with Gasteiger partial charge in [-0.05, 0) is 45.1 Å². The second-order valence-electron chi connectivity index (χ2n) is 5.59. The van der Waals surface area contributed by atoms with E-state index in [0.29, 0.717) is 17.8 Å². The third-order valence-electron chi connectivity index (χ3n) is 3.63. The maximum Gasteiger partial charge on any atom is 0.214 e. The van der Waals surface area contributed by atoms with Crippen molar-refractivity contribution in [3.8, 4) is 0 Å². The van der Waals surface area contributed by atoms with E-state index in [1.165, 1.54) is 12.8 Å². The van der Waals surface area contributed by atoms with Gasteiger partial charge in [-0.15, -0.1) is 0 Å². The standard InChI is InChI=1S/C13H26N2O2S/c1-2-3-10-15(13-7-8-13)18(16,17)11-4-9-14-12-5-6-12/h12-14H,2-11H2,1H3. The Kier molecular flexibility index (Phi) is 5.04. The normalized spacial score (nSPS) is 20.6. The molecule has 0 radical (unpaired) electrons. The molecule has 0 amide bonds. The first-order chi connectivity index (χ1) is 8.63. The summed E-state index contributed by atoms with van der Waals surface area (Å²) in [6.07, 6.45) is 7.42. The van der Waals surface area contributed by atoms with Crippen LogP contribution in [-0.4, -0.2) is 43.6 Å². The van der Waals surface area contributed by atoms with Crippen LogP contribution in [0.25, 0.3) is 0 Å². The third kappa shape index (κ3) is 4.52. The van der Waals surface area contributed by atoms with Crippen molar-refractivity contribution in [2.75, 3.05) is 18.8 Å². The largest absolute Gasteiger partial charge is 0.314 e. The summed E-state index contributed by atoms with van der Waals surface area (Å²) in [6.45, 7) is 3.67. The summed E-state index contributed by atoms with van der Waals surface area (Å²) >= 11 is 0. The number of nitrogens with one attached hydrogen (secondary N) is 1. The molecule has 2 saturated carbocycles. The number of sulfonamides is 1. The number of hydrogen-bond acceptors (Lipinski definition) is 3. The predicted molar refractivity (Wildman–Crippen MR) is 74.1 cm³/mol. The van der Waals surface area contributed by atoms with Gasteiger partial charge in [-0.3, -0.25) is 0 Å². The fourth-order valence-electron chi connectivity index (χ4n) is 2.19. The van der Waals surface area contributed by atoms with Gasteiger partial charge in [-0.2, -0.15) is 4.31 Å². The van der Waals surface area contributed by atoms with Gasteiger partial charge in [0.25, 0.3) is 0 Å². The lowest BCUT2D eigenvalue weighted by Gasteiger charge is -2.21. The average Bonchev–Trinajstić information content (AvgIpc) is 3.17. The molecule has 0 heterocycles. The molecule has 2 aliphatic rings. The summed E-state index contributed by atoms with van der Waals surface area (Å²) in [5.41, 5.74) is 0. The van der Waals surface area contributed by atoms with Crippen LogP contribution in [0, 0.1) is 0 Å². The second kappa shape index (κ2) is 6.35. The van der Waals surface area contributed by atoms with Crippen LogP contribution in [0.1, 0.15) is 51.9 Å². The Morgan fingerprint density at radius 2 is 1.89 bits per heavy atom. The molecule has 2 rings (SSSR count). The minimum Gasteiger partial charge on any atom is -0.314 e. The van der Waals surface area contributed by atoms with E-state index in [-0.39, 0.29) is 0 Å². The van der Waals surface area contributed by atoms with Crippen molar-refractivity contribution >= 4 is 10.0 Å². The van der Waals surface area contributed by atoms with Gasteiger partial charge in [-0.25, -0.2) is 8.42 Å². The number of hydrogen-bond donors (Lipinski definition) is 1. The van der Waals surface area contributed by atoms with Crippen molar-refractivity contribution in [2.45, 2.75) is 64.0 Å². The lowest BCUT2D eigenvalue weighted by Crippen LogP contribution is -2.36. The Hall–Kier alpha value is -0.130. The minimum atomic E-state index is -3.02. The Morgan fingerprint density at radius 3 is 2.44 bits per heavy atom. The number of nitrogens with zero attached hydrogens (tertiary/aromatic N) is 1. The maximum atomic E-state index is 12.3. The molecule has 2 aliphatic carbocycles. The molecule has 0 saturated heterocycles. The van der Waals surface area contributed by atoms with Crippen LogP contribution < -0.4 is 5.32 Å². The highest BCUT2D eigenvalue weighted by Crippen LogP contribution is 2.30. The topological polar surface area (TPSA) is 49.4 Å². The van der Waals surface area contributed by atoms with Crippen molar-refractivity contribution in [3.05, 3.63) is 0 Å². The van der Waals surface area contributed by atoms with Crippen LogP contribution in [-0.2, 0) is 10.0 Å². The first kappa shape index (κ1) is 14.3. The van der Waals surface area contributed by atoms with Gasteiger partial charge in [0.1, 0.15) is 0 Å². The quantitative estimate of drug-likeness (QED) is 0.617. The molecule has 106 valence electrons. The highest BCUT2D eigenvalue weighted by molar-refractivity contribution is 7.89. The van der Waals surface area contributed by atoms with E-state index in [0.717, 1.165) is 45.2 Å². The Balaban J connectivity index is 1.74. The highest BCUT2D eigenvalue weighted by atomic mass is 32.2. The maximum absolute atomic E-state index is 12.3. The van der Waals surface area contributed by atoms with E-state index in [2.05, 4.69) is 12.2 Å². The van der Waals surface area contributed by atoms with Crippen LogP contribution in [0.2, 0.25) is 0 Å². The molecule has 0 bridgehead atoms. The van der Waals surface area contributed by atoms with Gasteiger partial charge in [0.15, 0.2) is 0 Å². The van der Waals surface area contributed by atoms with Crippen LogP contribution in [0.15, 0.2) is 0 Å². The summed E-state index contributed by atoms with van der Waals surface area (Å²) in [6, 6.07) is 0.991. The van der Waals surface area contributed by atoms with E-state index in [9.17, 15) is 8.42 Å². The molecule has 0 aliphatic heterocycles. The summed E-state index contributed by atoms with van der Waals surface area (Å²) in [5.74, 6) is 0.312. The van der Waals surface area contributed by atoms with E-state index in [1.54, 1.807) is 4.31 Å². The lowest BCUT2D eigenvalue weighted by molar-refractivity contribution is 0.394. The molecule has 0 aromatic heterocycles. The smallest absolute Gasteiger partial charge is 0.214 e. The lowest BCUT2D eigenvalue weighted by atomic mass is 10.3. The van der Waals surface area contributed by atoms with E-state index >= 15 is 0 Å². The Bertz CT molecular complexity index is 348. The summed E-state index contributed by atoms with van der Waals surface area (Å²) < 4.78 is 26.3. The molecule has 0 atom stereocenters. The Morgan fingerprint density at radius 1 is 1.17 bits per heavy atom. The molecule has 5 heteroatoms. The van der Waals surface area contributed by atoms with Gasteiger partial charge in [0.2, 0.25) is 10.0 Å². The SMILES string of the molecule is CCCCN(C1CC1)S(=O)(=O)CCCNC1CC1. The Labute approximate surface area is 111 Å². The van der Waals surface area contributed by atoms with Crippen molar-refractivity contribution in [1.82, 2.24) is 9.62 Å².